The molecule has 0 aliphatic carbocycles. The summed E-state index contributed by atoms with van der Waals surface area (Å²) in [5.41, 5.74) is -0.648. The quantitative estimate of drug-likeness (QED) is 0.868. The van der Waals surface area contributed by atoms with Gasteiger partial charge in [0.05, 0.1) is 5.56 Å². The molecule has 2 rings (SSSR count). The number of ketones is 1. The second-order valence-corrected chi connectivity index (χ2v) is 5.18. The number of halogens is 3. The summed E-state index contributed by atoms with van der Waals surface area (Å²) in [5.74, 6) is -0.719. The molecule has 110 valence electrons. The van der Waals surface area contributed by atoms with Crippen molar-refractivity contribution in [3.63, 3.8) is 0 Å². The lowest BCUT2D eigenvalue weighted by Crippen LogP contribution is -2.40. The topological polar surface area (TPSA) is 38.3 Å². The van der Waals surface area contributed by atoms with Gasteiger partial charge < -0.3 is 10.1 Å². The molecule has 1 aliphatic rings. The van der Waals surface area contributed by atoms with Crippen LogP contribution in [0.15, 0.2) is 24.3 Å². The molecule has 0 bridgehead atoms. The van der Waals surface area contributed by atoms with Gasteiger partial charge in [0.15, 0.2) is 5.78 Å². The Morgan fingerprint density at radius 3 is 2.45 bits per heavy atom. The molecule has 1 aliphatic heterocycles. The number of rotatable bonds is 3. The Bertz CT molecular complexity index is 493. The van der Waals surface area contributed by atoms with Crippen LogP contribution in [0.2, 0.25) is 0 Å². The number of ether oxygens (including phenoxy) is 1. The van der Waals surface area contributed by atoms with E-state index in [-0.39, 0.29) is 11.3 Å². The van der Waals surface area contributed by atoms with Gasteiger partial charge in [0, 0.05) is 5.41 Å². The molecule has 0 amide bonds. The largest absolute Gasteiger partial charge is 0.573 e. The number of carbonyl (C=O) groups is 1. The van der Waals surface area contributed by atoms with Crippen molar-refractivity contribution in [1.29, 1.82) is 0 Å². The summed E-state index contributed by atoms with van der Waals surface area (Å²) < 4.78 is 41.1. The van der Waals surface area contributed by atoms with E-state index in [1.54, 1.807) is 13.0 Å². The summed E-state index contributed by atoms with van der Waals surface area (Å²) in [4.78, 5) is 12.6. The van der Waals surface area contributed by atoms with E-state index in [1.165, 1.54) is 18.2 Å². The number of para-hydroxylation sites is 1. The number of piperidine rings is 1. The molecule has 1 fully saturated rings. The molecule has 0 unspecified atom stereocenters. The molecule has 3 nitrogen and oxygen atoms in total. The van der Waals surface area contributed by atoms with Crippen LogP contribution in [0.1, 0.15) is 30.1 Å². The average Bonchev–Trinajstić information content (AvgIpc) is 2.37. The van der Waals surface area contributed by atoms with Gasteiger partial charge in [-0.05, 0) is 38.1 Å². The zero-order chi connectivity index (χ0) is 14.8. The maximum atomic E-state index is 12.6. The third kappa shape index (κ3) is 3.30. The van der Waals surface area contributed by atoms with E-state index < -0.39 is 17.5 Å². The van der Waals surface area contributed by atoms with Crippen molar-refractivity contribution >= 4 is 5.78 Å². The van der Waals surface area contributed by atoms with Crippen LogP contribution < -0.4 is 10.1 Å². The first-order valence-electron chi connectivity index (χ1n) is 6.42. The molecule has 1 aromatic rings. The van der Waals surface area contributed by atoms with Crippen LogP contribution in [0.25, 0.3) is 0 Å². The van der Waals surface area contributed by atoms with Crippen molar-refractivity contribution in [3.05, 3.63) is 29.8 Å². The summed E-state index contributed by atoms with van der Waals surface area (Å²) in [5, 5.41) is 3.14. The number of hydrogen-bond acceptors (Lipinski definition) is 3. The van der Waals surface area contributed by atoms with Crippen LogP contribution in [-0.4, -0.2) is 25.2 Å². The molecular weight excluding hydrogens is 271 g/mol. The van der Waals surface area contributed by atoms with Gasteiger partial charge in [0.2, 0.25) is 0 Å². The lowest BCUT2D eigenvalue weighted by atomic mass is 9.75. The van der Waals surface area contributed by atoms with Crippen LogP contribution in [-0.2, 0) is 0 Å². The van der Waals surface area contributed by atoms with Crippen molar-refractivity contribution in [2.75, 3.05) is 13.1 Å². The SMILES string of the molecule is CC1(C(=O)c2ccccc2OC(F)(F)F)CCNCC1. The molecule has 1 heterocycles. The monoisotopic (exact) mass is 287 g/mol. The van der Waals surface area contributed by atoms with E-state index in [1.807, 2.05) is 0 Å². The smallest absolute Gasteiger partial charge is 0.405 e. The number of carbonyl (C=O) groups excluding carboxylic acids is 1. The lowest BCUT2D eigenvalue weighted by Gasteiger charge is -2.33. The highest BCUT2D eigenvalue weighted by molar-refractivity contribution is 6.02. The highest BCUT2D eigenvalue weighted by atomic mass is 19.4. The van der Waals surface area contributed by atoms with Gasteiger partial charge in [-0.1, -0.05) is 19.1 Å². The molecule has 0 radical (unpaired) electrons. The maximum Gasteiger partial charge on any atom is 0.573 e. The number of alkyl halides is 3. The highest BCUT2D eigenvalue weighted by Gasteiger charge is 2.38. The van der Waals surface area contributed by atoms with Gasteiger partial charge in [0.1, 0.15) is 5.75 Å². The summed E-state index contributed by atoms with van der Waals surface area (Å²) in [6, 6.07) is 5.52. The number of benzene rings is 1. The maximum absolute atomic E-state index is 12.6. The normalized spacial score (nSPS) is 18.6. The predicted octanol–water partition coefficient (Wildman–Crippen LogP) is 3.16. The minimum atomic E-state index is -4.80. The minimum Gasteiger partial charge on any atom is -0.405 e. The van der Waals surface area contributed by atoms with E-state index in [9.17, 15) is 18.0 Å². The van der Waals surface area contributed by atoms with Crippen LogP contribution in [0, 0.1) is 5.41 Å². The fourth-order valence-corrected chi connectivity index (χ4v) is 2.40. The van der Waals surface area contributed by atoms with Crippen LogP contribution in [0.3, 0.4) is 0 Å². The summed E-state index contributed by atoms with van der Waals surface area (Å²) in [6.45, 7) is 3.16. The molecule has 1 aromatic carbocycles. The fourth-order valence-electron chi connectivity index (χ4n) is 2.40. The average molecular weight is 287 g/mol. The molecule has 1 saturated heterocycles. The Hall–Kier alpha value is -1.56. The van der Waals surface area contributed by atoms with Gasteiger partial charge in [-0.2, -0.15) is 0 Å². The van der Waals surface area contributed by atoms with Crippen LogP contribution >= 0.6 is 0 Å². The number of nitrogens with one attached hydrogen (secondary N) is 1. The Labute approximate surface area is 115 Å². The van der Waals surface area contributed by atoms with E-state index in [0.29, 0.717) is 25.9 Å². The fraction of sp³-hybridized carbons (Fsp3) is 0.500. The third-order valence-electron chi connectivity index (χ3n) is 3.61. The van der Waals surface area contributed by atoms with E-state index in [0.717, 1.165) is 0 Å². The van der Waals surface area contributed by atoms with Crippen molar-refractivity contribution in [2.45, 2.75) is 26.1 Å². The standard InChI is InChI=1S/C14H16F3NO2/c1-13(6-8-18-9-7-13)12(19)10-4-2-3-5-11(10)20-14(15,16)17/h2-5,18H,6-9H2,1H3. The van der Waals surface area contributed by atoms with Crippen molar-refractivity contribution in [1.82, 2.24) is 5.32 Å². The van der Waals surface area contributed by atoms with Gasteiger partial charge in [-0.25, -0.2) is 0 Å². The van der Waals surface area contributed by atoms with Crippen molar-refractivity contribution in [2.24, 2.45) is 5.41 Å². The second kappa shape index (κ2) is 5.44. The zero-order valence-electron chi connectivity index (χ0n) is 11.1. The molecule has 0 aromatic heterocycles. The Morgan fingerprint density at radius 1 is 1.25 bits per heavy atom. The zero-order valence-corrected chi connectivity index (χ0v) is 11.1. The second-order valence-electron chi connectivity index (χ2n) is 5.18. The van der Waals surface area contributed by atoms with E-state index in [4.69, 9.17) is 0 Å². The van der Waals surface area contributed by atoms with Gasteiger partial charge >= 0.3 is 6.36 Å². The predicted molar refractivity (Wildman–Crippen MR) is 67.7 cm³/mol. The minimum absolute atomic E-state index is 0.00535. The summed E-state index contributed by atoms with van der Waals surface area (Å²) in [6.07, 6.45) is -3.59. The molecule has 0 saturated carbocycles. The molecule has 0 spiro atoms. The lowest BCUT2D eigenvalue weighted by molar-refractivity contribution is -0.274. The number of hydrogen-bond donors (Lipinski definition) is 1. The van der Waals surface area contributed by atoms with Crippen molar-refractivity contribution < 1.29 is 22.7 Å². The van der Waals surface area contributed by atoms with Gasteiger partial charge in [-0.15, -0.1) is 13.2 Å². The molecular formula is C14H16F3NO2. The molecule has 0 atom stereocenters. The van der Waals surface area contributed by atoms with Crippen molar-refractivity contribution in [3.8, 4) is 5.75 Å². The van der Waals surface area contributed by atoms with Gasteiger partial charge in [0.25, 0.3) is 0 Å². The van der Waals surface area contributed by atoms with Gasteiger partial charge in [-0.3, -0.25) is 4.79 Å². The third-order valence-corrected chi connectivity index (χ3v) is 3.61. The molecule has 1 N–H and O–H groups in total. The Morgan fingerprint density at radius 2 is 1.85 bits per heavy atom. The first-order chi connectivity index (χ1) is 9.32. The Balaban J connectivity index is 2.30. The van der Waals surface area contributed by atoms with Crippen LogP contribution in [0.5, 0.6) is 5.75 Å². The van der Waals surface area contributed by atoms with E-state index >= 15 is 0 Å². The summed E-state index contributed by atoms with van der Waals surface area (Å²) in [7, 11) is 0. The summed E-state index contributed by atoms with van der Waals surface area (Å²) >= 11 is 0. The molecule has 6 heteroatoms. The molecule has 20 heavy (non-hydrogen) atoms. The first-order valence-corrected chi connectivity index (χ1v) is 6.42. The number of Topliss-reactive ketones (excluding diaryl/α,β-unsaturated/α-hetero) is 1. The Kier molecular flexibility index (Phi) is 4.04. The highest BCUT2D eigenvalue weighted by Crippen LogP contribution is 2.36. The first kappa shape index (κ1) is 14.8. The van der Waals surface area contributed by atoms with Crippen LogP contribution in [0.4, 0.5) is 13.2 Å². The van der Waals surface area contributed by atoms with E-state index in [2.05, 4.69) is 10.1 Å².